The molecule has 0 saturated heterocycles. The third-order valence-corrected chi connectivity index (χ3v) is 3.68. The molecule has 19 heavy (non-hydrogen) atoms. The number of benzene rings is 1. The highest BCUT2D eigenvalue weighted by atomic mass is 15.3. The Morgan fingerprint density at radius 2 is 1.84 bits per heavy atom. The van der Waals surface area contributed by atoms with Crippen molar-refractivity contribution in [2.45, 2.75) is 40.0 Å². The minimum atomic E-state index is -0.0895. The number of nitrogens with zero attached hydrogens (tertiary/aromatic N) is 2. The largest absolute Gasteiger partial charge is 0.330 e. The van der Waals surface area contributed by atoms with Gasteiger partial charge in [0.25, 0.3) is 0 Å². The number of rotatable bonds is 3. The van der Waals surface area contributed by atoms with Crippen molar-refractivity contribution in [3.05, 3.63) is 46.8 Å². The lowest BCUT2D eigenvalue weighted by molar-refractivity contribution is 0.515. The highest BCUT2D eigenvalue weighted by Crippen LogP contribution is 2.24. The molecule has 1 aromatic carbocycles. The van der Waals surface area contributed by atoms with Crippen LogP contribution in [-0.2, 0) is 5.41 Å². The molecule has 0 atom stereocenters. The number of aryl methyl sites for hydroxylation is 3. The minimum Gasteiger partial charge on any atom is -0.330 e. The third-order valence-electron chi connectivity index (χ3n) is 3.68. The predicted molar refractivity (Wildman–Crippen MR) is 79.9 cm³/mol. The Morgan fingerprint density at radius 1 is 1.16 bits per heavy atom. The molecule has 0 aliphatic carbocycles. The molecule has 0 aliphatic rings. The first-order valence-corrected chi connectivity index (χ1v) is 6.70. The Balaban J connectivity index is 2.55. The van der Waals surface area contributed by atoms with Crippen molar-refractivity contribution in [1.29, 1.82) is 0 Å². The fourth-order valence-corrected chi connectivity index (χ4v) is 2.10. The molecule has 1 aromatic heterocycles. The maximum absolute atomic E-state index is 5.84. The van der Waals surface area contributed by atoms with E-state index in [9.17, 15) is 0 Å². The minimum absolute atomic E-state index is 0.0895. The topological polar surface area (TPSA) is 43.8 Å². The Hall–Kier alpha value is -1.61. The van der Waals surface area contributed by atoms with Gasteiger partial charge in [-0.3, -0.25) is 0 Å². The first kappa shape index (κ1) is 13.8. The quantitative estimate of drug-likeness (QED) is 0.918. The fourth-order valence-electron chi connectivity index (χ4n) is 2.10. The summed E-state index contributed by atoms with van der Waals surface area (Å²) < 4.78 is 2.02. The molecule has 3 heteroatoms. The van der Waals surface area contributed by atoms with Crippen LogP contribution in [0, 0.1) is 20.8 Å². The summed E-state index contributed by atoms with van der Waals surface area (Å²) in [5, 5.41) is 4.76. The molecule has 0 spiro atoms. The van der Waals surface area contributed by atoms with Crippen LogP contribution in [0.5, 0.6) is 0 Å². The summed E-state index contributed by atoms with van der Waals surface area (Å²) in [5.74, 6) is 0. The summed E-state index contributed by atoms with van der Waals surface area (Å²) in [4.78, 5) is 0. The number of hydrogen-bond donors (Lipinski definition) is 1. The Morgan fingerprint density at radius 3 is 2.47 bits per heavy atom. The lowest BCUT2D eigenvalue weighted by atomic mass is 9.90. The summed E-state index contributed by atoms with van der Waals surface area (Å²) in [6.07, 6.45) is 0. The van der Waals surface area contributed by atoms with Gasteiger partial charge in [-0.1, -0.05) is 26.0 Å². The van der Waals surface area contributed by atoms with E-state index in [0.29, 0.717) is 6.54 Å². The van der Waals surface area contributed by atoms with Crippen molar-refractivity contribution in [3.63, 3.8) is 0 Å². The molecular weight excluding hydrogens is 234 g/mol. The van der Waals surface area contributed by atoms with Crippen LogP contribution in [0.3, 0.4) is 0 Å². The van der Waals surface area contributed by atoms with Crippen LogP contribution in [0.2, 0.25) is 0 Å². The van der Waals surface area contributed by atoms with Crippen molar-refractivity contribution in [3.8, 4) is 5.69 Å². The van der Waals surface area contributed by atoms with Gasteiger partial charge >= 0.3 is 0 Å². The van der Waals surface area contributed by atoms with Crippen molar-refractivity contribution >= 4 is 0 Å². The number of nitrogens with two attached hydrogens (primary N) is 1. The first-order chi connectivity index (χ1) is 8.85. The van der Waals surface area contributed by atoms with E-state index in [4.69, 9.17) is 10.8 Å². The van der Waals surface area contributed by atoms with E-state index in [0.717, 1.165) is 17.1 Å². The Kier molecular flexibility index (Phi) is 3.50. The molecule has 2 aromatic rings. The van der Waals surface area contributed by atoms with Crippen LogP contribution >= 0.6 is 0 Å². The van der Waals surface area contributed by atoms with Crippen LogP contribution < -0.4 is 5.73 Å². The smallest absolute Gasteiger partial charge is 0.0700 e. The van der Waals surface area contributed by atoms with E-state index in [1.807, 2.05) is 4.68 Å². The molecule has 102 valence electrons. The number of aromatic nitrogens is 2. The molecule has 0 aliphatic heterocycles. The summed E-state index contributed by atoms with van der Waals surface area (Å²) >= 11 is 0. The lowest BCUT2D eigenvalue weighted by Crippen LogP contribution is -2.28. The highest BCUT2D eigenvalue weighted by molar-refractivity contribution is 5.44. The zero-order valence-corrected chi connectivity index (χ0v) is 12.5. The van der Waals surface area contributed by atoms with Crippen molar-refractivity contribution in [1.82, 2.24) is 9.78 Å². The van der Waals surface area contributed by atoms with Gasteiger partial charge in [-0.25, -0.2) is 4.68 Å². The van der Waals surface area contributed by atoms with E-state index >= 15 is 0 Å². The van der Waals surface area contributed by atoms with Gasteiger partial charge in [-0.15, -0.1) is 0 Å². The highest BCUT2D eigenvalue weighted by Gasteiger charge is 2.23. The average molecular weight is 257 g/mol. The van der Waals surface area contributed by atoms with Gasteiger partial charge < -0.3 is 5.73 Å². The standard InChI is InChI=1S/C16H23N3/c1-11-6-7-12(2)14(8-11)19-13(3)9-15(18-19)16(4,5)10-17/h6-9H,10,17H2,1-5H3. The summed E-state index contributed by atoms with van der Waals surface area (Å²) in [5.41, 5.74) is 11.6. The molecule has 0 radical (unpaired) electrons. The van der Waals surface area contributed by atoms with Gasteiger partial charge in [0.2, 0.25) is 0 Å². The van der Waals surface area contributed by atoms with Crippen LogP contribution in [0.4, 0.5) is 0 Å². The maximum Gasteiger partial charge on any atom is 0.0700 e. The van der Waals surface area contributed by atoms with E-state index in [2.05, 4.69) is 58.9 Å². The molecule has 3 nitrogen and oxygen atoms in total. The van der Waals surface area contributed by atoms with Gasteiger partial charge in [0.05, 0.1) is 11.4 Å². The monoisotopic (exact) mass is 257 g/mol. The second-order valence-corrected chi connectivity index (χ2v) is 5.96. The van der Waals surface area contributed by atoms with Gasteiger partial charge in [-0.2, -0.15) is 5.10 Å². The molecule has 0 amide bonds. The zero-order valence-electron chi connectivity index (χ0n) is 12.5. The van der Waals surface area contributed by atoms with Crippen LogP contribution in [0.25, 0.3) is 5.69 Å². The van der Waals surface area contributed by atoms with Gasteiger partial charge in [0.1, 0.15) is 0 Å². The van der Waals surface area contributed by atoms with Crippen molar-refractivity contribution < 1.29 is 0 Å². The van der Waals surface area contributed by atoms with Crippen LogP contribution in [-0.4, -0.2) is 16.3 Å². The SMILES string of the molecule is Cc1ccc(C)c(-n2nc(C(C)(C)CN)cc2C)c1. The lowest BCUT2D eigenvalue weighted by Gasteiger charge is -2.19. The molecule has 1 heterocycles. The Bertz CT molecular complexity index is 594. The van der Waals surface area contributed by atoms with Crippen LogP contribution in [0.1, 0.15) is 36.4 Å². The average Bonchev–Trinajstić information content (AvgIpc) is 2.75. The van der Waals surface area contributed by atoms with Crippen molar-refractivity contribution in [2.75, 3.05) is 6.54 Å². The molecule has 0 bridgehead atoms. The van der Waals surface area contributed by atoms with E-state index in [1.54, 1.807) is 0 Å². The summed E-state index contributed by atoms with van der Waals surface area (Å²) in [6.45, 7) is 11.2. The predicted octanol–water partition coefficient (Wildman–Crippen LogP) is 3.03. The van der Waals surface area contributed by atoms with Gasteiger partial charge in [0.15, 0.2) is 0 Å². The van der Waals surface area contributed by atoms with Gasteiger partial charge in [0, 0.05) is 17.7 Å². The number of hydrogen-bond acceptors (Lipinski definition) is 2. The van der Waals surface area contributed by atoms with Crippen molar-refractivity contribution in [2.24, 2.45) is 5.73 Å². The van der Waals surface area contributed by atoms with Crippen LogP contribution in [0.15, 0.2) is 24.3 Å². The molecule has 2 rings (SSSR count). The van der Waals surface area contributed by atoms with Gasteiger partial charge in [-0.05, 0) is 44.0 Å². The Labute approximate surface area is 115 Å². The normalized spacial score (nSPS) is 11.9. The second kappa shape index (κ2) is 4.82. The summed E-state index contributed by atoms with van der Waals surface area (Å²) in [7, 11) is 0. The maximum atomic E-state index is 5.84. The summed E-state index contributed by atoms with van der Waals surface area (Å²) in [6, 6.07) is 8.57. The molecule has 0 saturated carbocycles. The third kappa shape index (κ3) is 2.56. The zero-order chi connectivity index (χ0) is 14.2. The van der Waals surface area contributed by atoms with E-state index < -0.39 is 0 Å². The molecule has 2 N–H and O–H groups in total. The molecule has 0 unspecified atom stereocenters. The second-order valence-electron chi connectivity index (χ2n) is 5.96. The molecular formula is C16H23N3. The van der Waals surface area contributed by atoms with E-state index in [-0.39, 0.29) is 5.41 Å². The van der Waals surface area contributed by atoms with E-state index in [1.165, 1.54) is 11.1 Å². The molecule has 0 fully saturated rings. The fraction of sp³-hybridized carbons (Fsp3) is 0.438. The first-order valence-electron chi connectivity index (χ1n) is 6.70.